The van der Waals surface area contributed by atoms with Crippen LogP contribution in [0.2, 0.25) is 0 Å². The van der Waals surface area contributed by atoms with Crippen LogP contribution < -0.4 is 10.2 Å². The largest absolute Gasteiger partial charge is 0.368 e. The highest BCUT2D eigenvalue weighted by Crippen LogP contribution is 2.32. The van der Waals surface area contributed by atoms with E-state index in [1.165, 1.54) is 49.9 Å². The third kappa shape index (κ3) is 2.79. The lowest BCUT2D eigenvalue weighted by Gasteiger charge is -2.29. The van der Waals surface area contributed by atoms with Gasteiger partial charge in [0.15, 0.2) is 0 Å². The Kier molecular flexibility index (Phi) is 3.59. The molecule has 0 spiro atoms. The first kappa shape index (κ1) is 13.5. The summed E-state index contributed by atoms with van der Waals surface area (Å²) < 4.78 is 0. The number of anilines is 1. The number of pyridine rings is 1. The minimum atomic E-state index is 0.724. The highest BCUT2D eigenvalue weighted by atomic mass is 15.3. The number of hydrogen-bond acceptors (Lipinski definition) is 4. The average molecular weight is 286 g/mol. The van der Waals surface area contributed by atoms with Crippen molar-refractivity contribution < 1.29 is 0 Å². The van der Waals surface area contributed by atoms with E-state index in [0.717, 1.165) is 31.2 Å². The molecule has 0 aromatic carbocycles. The SMILES string of the molecule is CN1C2CCC1CN(c1cnccc1CNC1CC1)CC2. The van der Waals surface area contributed by atoms with Crippen molar-refractivity contribution in [1.29, 1.82) is 0 Å². The Hall–Kier alpha value is -1.13. The molecule has 2 atom stereocenters. The summed E-state index contributed by atoms with van der Waals surface area (Å²) in [6, 6.07) is 4.47. The van der Waals surface area contributed by atoms with Crippen molar-refractivity contribution in [1.82, 2.24) is 15.2 Å². The monoisotopic (exact) mass is 286 g/mol. The molecular formula is C17H26N4. The number of nitrogens with zero attached hydrogens (tertiary/aromatic N) is 3. The third-order valence-electron chi connectivity index (χ3n) is 5.54. The van der Waals surface area contributed by atoms with Crippen molar-refractivity contribution >= 4 is 5.69 Å². The molecule has 114 valence electrons. The van der Waals surface area contributed by atoms with Crippen LogP contribution in [0.15, 0.2) is 18.5 Å². The van der Waals surface area contributed by atoms with E-state index in [4.69, 9.17) is 0 Å². The van der Waals surface area contributed by atoms with Gasteiger partial charge >= 0.3 is 0 Å². The predicted molar refractivity (Wildman–Crippen MR) is 85.5 cm³/mol. The molecule has 3 aliphatic rings. The summed E-state index contributed by atoms with van der Waals surface area (Å²) in [7, 11) is 2.31. The summed E-state index contributed by atoms with van der Waals surface area (Å²) in [5.41, 5.74) is 2.77. The highest BCUT2D eigenvalue weighted by Gasteiger charge is 2.35. The number of aromatic nitrogens is 1. The molecule has 2 saturated heterocycles. The Morgan fingerprint density at radius 1 is 1.19 bits per heavy atom. The third-order valence-corrected chi connectivity index (χ3v) is 5.54. The second-order valence-corrected chi connectivity index (χ2v) is 6.94. The predicted octanol–water partition coefficient (Wildman–Crippen LogP) is 2.01. The van der Waals surface area contributed by atoms with Gasteiger partial charge in [0, 0.05) is 44.0 Å². The van der Waals surface area contributed by atoms with Crippen molar-refractivity contribution in [3.8, 4) is 0 Å². The molecule has 1 aromatic rings. The van der Waals surface area contributed by atoms with Crippen molar-refractivity contribution in [3.05, 3.63) is 24.0 Å². The summed E-state index contributed by atoms with van der Waals surface area (Å²) in [4.78, 5) is 9.58. The molecular weight excluding hydrogens is 260 g/mol. The Labute approximate surface area is 127 Å². The lowest BCUT2D eigenvalue weighted by atomic mass is 10.1. The van der Waals surface area contributed by atoms with Crippen LogP contribution in [0.3, 0.4) is 0 Å². The average Bonchev–Trinajstić information content (AvgIpc) is 3.26. The van der Waals surface area contributed by atoms with Crippen LogP contribution >= 0.6 is 0 Å². The van der Waals surface area contributed by atoms with Crippen LogP contribution in [0.5, 0.6) is 0 Å². The molecule has 0 amide bonds. The molecule has 2 bridgehead atoms. The lowest BCUT2D eigenvalue weighted by Crippen LogP contribution is -2.37. The van der Waals surface area contributed by atoms with Gasteiger partial charge in [-0.05, 0) is 50.8 Å². The van der Waals surface area contributed by atoms with Gasteiger partial charge in [0.25, 0.3) is 0 Å². The van der Waals surface area contributed by atoms with Crippen LogP contribution in [0, 0.1) is 0 Å². The molecule has 1 aliphatic carbocycles. The van der Waals surface area contributed by atoms with Gasteiger partial charge in [-0.15, -0.1) is 0 Å². The minimum Gasteiger partial charge on any atom is -0.368 e. The zero-order valence-electron chi connectivity index (χ0n) is 13.0. The van der Waals surface area contributed by atoms with Gasteiger partial charge in [0.2, 0.25) is 0 Å². The van der Waals surface area contributed by atoms with Crippen LogP contribution in [-0.4, -0.2) is 48.1 Å². The van der Waals surface area contributed by atoms with Crippen LogP contribution in [0.25, 0.3) is 0 Å². The second kappa shape index (κ2) is 5.58. The van der Waals surface area contributed by atoms with E-state index >= 15 is 0 Å². The quantitative estimate of drug-likeness (QED) is 0.917. The lowest BCUT2D eigenvalue weighted by molar-refractivity contribution is 0.254. The molecule has 2 unspecified atom stereocenters. The Bertz CT molecular complexity index is 499. The smallest absolute Gasteiger partial charge is 0.0598 e. The fourth-order valence-corrected chi connectivity index (χ4v) is 3.92. The topological polar surface area (TPSA) is 31.4 Å². The van der Waals surface area contributed by atoms with Crippen molar-refractivity contribution in [2.45, 2.75) is 56.8 Å². The maximum Gasteiger partial charge on any atom is 0.0598 e. The first-order chi connectivity index (χ1) is 10.3. The van der Waals surface area contributed by atoms with Gasteiger partial charge in [-0.1, -0.05) is 0 Å². The van der Waals surface area contributed by atoms with Gasteiger partial charge in [0.05, 0.1) is 11.9 Å². The first-order valence-electron chi connectivity index (χ1n) is 8.44. The molecule has 4 nitrogen and oxygen atoms in total. The van der Waals surface area contributed by atoms with E-state index in [1.54, 1.807) is 0 Å². The number of likely N-dealkylation sites (N-methyl/N-ethyl adjacent to an activating group) is 1. The molecule has 1 N–H and O–H groups in total. The summed E-state index contributed by atoms with van der Waals surface area (Å²) in [6.45, 7) is 3.33. The molecule has 4 rings (SSSR count). The summed E-state index contributed by atoms with van der Waals surface area (Å²) in [5.74, 6) is 0. The van der Waals surface area contributed by atoms with E-state index in [0.29, 0.717) is 0 Å². The first-order valence-corrected chi connectivity index (χ1v) is 8.44. The van der Waals surface area contributed by atoms with E-state index in [2.05, 4.69) is 39.4 Å². The van der Waals surface area contributed by atoms with E-state index in [9.17, 15) is 0 Å². The fourth-order valence-electron chi connectivity index (χ4n) is 3.92. The van der Waals surface area contributed by atoms with Gasteiger partial charge in [-0.3, -0.25) is 9.88 Å². The normalized spacial score (nSPS) is 29.7. The van der Waals surface area contributed by atoms with E-state index in [1.807, 2.05) is 6.20 Å². The Morgan fingerprint density at radius 2 is 2.05 bits per heavy atom. The molecule has 21 heavy (non-hydrogen) atoms. The number of nitrogens with one attached hydrogen (secondary N) is 1. The van der Waals surface area contributed by atoms with Crippen molar-refractivity contribution in [2.24, 2.45) is 0 Å². The maximum atomic E-state index is 4.39. The number of rotatable bonds is 4. The maximum absolute atomic E-state index is 4.39. The molecule has 1 aromatic heterocycles. The van der Waals surface area contributed by atoms with Gasteiger partial charge < -0.3 is 10.2 Å². The summed E-state index contributed by atoms with van der Waals surface area (Å²) in [6.07, 6.45) is 10.7. The van der Waals surface area contributed by atoms with Gasteiger partial charge in [0.1, 0.15) is 0 Å². The molecule has 1 saturated carbocycles. The standard InChI is InChI=1S/C17H26N4/c1-20-15-4-5-16(20)12-21(9-7-15)17-11-18-8-6-13(17)10-19-14-2-3-14/h6,8,11,14-16,19H,2-5,7,9-10,12H2,1H3. The van der Waals surface area contributed by atoms with E-state index < -0.39 is 0 Å². The van der Waals surface area contributed by atoms with Crippen LogP contribution in [-0.2, 0) is 6.54 Å². The Morgan fingerprint density at radius 3 is 2.90 bits per heavy atom. The van der Waals surface area contributed by atoms with Gasteiger partial charge in [-0.2, -0.15) is 0 Å². The van der Waals surface area contributed by atoms with Gasteiger partial charge in [-0.25, -0.2) is 0 Å². The van der Waals surface area contributed by atoms with Crippen LogP contribution in [0.4, 0.5) is 5.69 Å². The zero-order chi connectivity index (χ0) is 14.2. The summed E-state index contributed by atoms with van der Waals surface area (Å²) >= 11 is 0. The molecule has 0 radical (unpaired) electrons. The molecule has 3 heterocycles. The molecule has 4 heteroatoms. The summed E-state index contributed by atoms with van der Waals surface area (Å²) in [5, 5.41) is 3.65. The van der Waals surface area contributed by atoms with Crippen molar-refractivity contribution in [2.75, 3.05) is 25.0 Å². The van der Waals surface area contributed by atoms with E-state index in [-0.39, 0.29) is 0 Å². The zero-order valence-corrected chi connectivity index (χ0v) is 13.0. The minimum absolute atomic E-state index is 0.724. The number of hydrogen-bond donors (Lipinski definition) is 1. The molecule has 3 fully saturated rings. The second-order valence-electron chi connectivity index (χ2n) is 6.94. The fraction of sp³-hybridized carbons (Fsp3) is 0.706. The van der Waals surface area contributed by atoms with Crippen molar-refractivity contribution in [3.63, 3.8) is 0 Å². The highest BCUT2D eigenvalue weighted by molar-refractivity contribution is 5.52. The number of fused-ring (bicyclic) bond motifs is 2. The van der Waals surface area contributed by atoms with Crippen LogP contribution in [0.1, 0.15) is 37.7 Å². The Balaban J connectivity index is 1.52. The molecule has 2 aliphatic heterocycles.